The van der Waals surface area contributed by atoms with Crippen molar-refractivity contribution < 1.29 is 9.18 Å². The molecule has 29 heavy (non-hydrogen) atoms. The van der Waals surface area contributed by atoms with Crippen molar-refractivity contribution in [3.05, 3.63) is 75.4 Å². The van der Waals surface area contributed by atoms with Gasteiger partial charge in [-0.05, 0) is 60.9 Å². The summed E-state index contributed by atoms with van der Waals surface area (Å²) in [4.78, 5) is 29.9. The fourth-order valence-corrected chi connectivity index (χ4v) is 3.98. The maximum Gasteiger partial charge on any atom is 0.322 e. The SMILES string of the molecule is CCN(C(=O)Nc1ccc(F)c(Cl)c1)[C@@H](c1c[nH]c(=O)c2ccccc12)C1CC1. The Morgan fingerprint density at radius 2 is 2.00 bits per heavy atom. The summed E-state index contributed by atoms with van der Waals surface area (Å²) in [7, 11) is 0. The minimum Gasteiger partial charge on any atom is -0.328 e. The van der Waals surface area contributed by atoms with Gasteiger partial charge in [0, 0.05) is 23.8 Å². The van der Waals surface area contributed by atoms with Crippen molar-refractivity contribution in [2.75, 3.05) is 11.9 Å². The maximum absolute atomic E-state index is 13.4. The van der Waals surface area contributed by atoms with Gasteiger partial charge in [0.2, 0.25) is 0 Å². The molecular formula is C22H21ClFN3O2. The number of hydrogen-bond acceptors (Lipinski definition) is 2. The highest BCUT2D eigenvalue weighted by molar-refractivity contribution is 6.31. The first-order valence-electron chi connectivity index (χ1n) is 9.62. The first kappa shape index (κ1) is 19.5. The summed E-state index contributed by atoms with van der Waals surface area (Å²) in [6, 6.07) is 11.1. The molecule has 1 saturated carbocycles. The lowest BCUT2D eigenvalue weighted by Gasteiger charge is -2.32. The number of carbonyl (C=O) groups is 1. The molecule has 2 N–H and O–H groups in total. The third-order valence-electron chi connectivity index (χ3n) is 5.34. The molecular weight excluding hydrogens is 393 g/mol. The van der Waals surface area contributed by atoms with Crippen molar-refractivity contribution in [3.63, 3.8) is 0 Å². The quantitative estimate of drug-likeness (QED) is 0.594. The zero-order chi connectivity index (χ0) is 20.5. The van der Waals surface area contributed by atoms with Gasteiger partial charge in [-0.2, -0.15) is 0 Å². The summed E-state index contributed by atoms with van der Waals surface area (Å²) in [6.45, 7) is 2.40. The van der Waals surface area contributed by atoms with Crippen molar-refractivity contribution in [1.82, 2.24) is 9.88 Å². The first-order chi connectivity index (χ1) is 14.0. The van der Waals surface area contributed by atoms with Crippen molar-refractivity contribution >= 4 is 34.1 Å². The van der Waals surface area contributed by atoms with Crippen LogP contribution in [0.25, 0.3) is 10.8 Å². The van der Waals surface area contributed by atoms with Gasteiger partial charge in [0.05, 0.1) is 11.1 Å². The smallest absolute Gasteiger partial charge is 0.322 e. The molecule has 1 aromatic heterocycles. The number of urea groups is 1. The molecule has 0 radical (unpaired) electrons. The number of pyridine rings is 1. The number of aromatic amines is 1. The minimum atomic E-state index is -0.535. The highest BCUT2D eigenvalue weighted by atomic mass is 35.5. The number of nitrogens with zero attached hydrogens (tertiary/aromatic N) is 1. The van der Waals surface area contributed by atoms with Gasteiger partial charge in [-0.25, -0.2) is 9.18 Å². The number of anilines is 1. The van der Waals surface area contributed by atoms with Crippen LogP contribution in [-0.4, -0.2) is 22.5 Å². The number of aromatic nitrogens is 1. The van der Waals surface area contributed by atoms with E-state index in [1.165, 1.54) is 18.2 Å². The average molecular weight is 414 g/mol. The normalized spacial score (nSPS) is 14.6. The molecule has 4 rings (SSSR count). The van der Waals surface area contributed by atoms with Crippen LogP contribution in [0.3, 0.4) is 0 Å². The summed E-state index contributed by atoms with van der Waals surface area (Å²) < 4.78 is 13.4. The molecule has 5 nitrogen and oxygen atoms in total. The summed E-state index contributed by atoms with van der Waals surface area (Å²) in [5.41, 5.74) is 1.21. The van der Waals surface area contributed by atoms with Crippen LogP contribution in [0, 0.1) is 11.7 Å². The van der Waals surface area contributed by atoms with Crippen LogP contribution >= 0.6 is 11.6 Å². The Bertz CT molecular complexity index is 1130. The molecule has 1 heterocycles. The number of hydrogen-bond donors (Lipinski definition) is 2. The standard InChI is InChI=1S/C22H21ClFN3O2/c1-2-27(22(29)26-14-9-10-19(24)18(23)11-14)20(13-7-8-13)17-12-25-21(28)16-6-4-3-5-15(16)17/h3-6,9-13,20H,2,7-8H2,1H3,(H,25,28)(H,26,29)/t20-/m1/s1. The van der Waals surface area contributed by atoms with Crippen LogP contribution in [0.4, 0.5) is 14.9 Å². The predicted molar refractivity (Wildman–Crippen MR) is 113 cm³/mol. The van der Waals surface area contributed by atoms with Gasteiger partial charge in [-0.15, -0.1) is 0 Å². The van der Waals surface area contributed by atoms with E-state index in [9.17, 15) is 14.0 Å². The number of benzene rings is 2. The molecule has 150 valence electrons. The number of fused-ring (bicyclic) bond motifs is 1. The van der Waals surface area contributed by atoms with E-state index < -0.39 is 5.82 Å². The maximum atomic E-state index is 13.4. The third-order valence-corrected chi connectivity index (χ3v) is 5.63. The Kier molecular flexibility index (Phi) is 5.28. The topological polar surface area (TPSA) is 65.2 Å². The van der Waals surface area contributed by atoms with Crippen molar-refractivity contribution in [2.45, 2.75) is 25.8 Å². The molecule has 7 heteroatoms. The second-order valence-electron chi connectivity index (χ2n) is 7.25. The van der Waals surface area contributed by atoms with E-state index in [0.717, 1.165) is 23.8 Å². The lowest BCUT2D eigenvalue weighted by molar-refractivity contribution is 0.183. The number of nitrogens with one attached hydrogen (secondary N) is 2. The third kappa shape index (κ3) is 3.85. The lowest BCUT2D eigenvalue weighted by Crippen LogP contribution is -2.39. The van der Waals surface area contributed by atoms with Crippen molar-refractivity contribution in [2.24, 2.45) is 5.92 Å². The van der Waals surface area contributed by atoms with E-state index in [1.807, 2.05) is 25.1 Å². The fourth-order valence-electron chi connectivity index (χ4n) is 3.80. The van der Waals surface area contributed by atoms with Gasteiger partial charge < -0.3 is 15.2 Å². The molecule has 0 spiro atoms. The summed E-state index contributed by atoms with van der Waals surface area (Å²) in [5, 5.41) is 4.23. The predicted octanol–water partition coefficient (Wildman–Crippen LogP) is 5.33. The highest BCUT2D eigenvalue weighted by Crippen LogP contribution is 2.46. The summed E-state index contributed by atoms with van der Waals surface area (Å²) in [5.74, 6) is -0.209. The largest absolute Gasteiger partial charge is 0.328 e. The summed E-state index contributed by atoms with van der Waals surface area (Å²) >= 11 is 5.84. The van der Waals surface area contributed by atoms with Crippen molar-refractivity contribution in [1.29, 1.82) is 0 Å². The summed E-state index contributed by atoms with van der Waals surface area (Å²) in [6.07, 6.45) is 3.76. The van der Waals surface area contributed by atoms with E-state index in [-0.39, 0.29) is 22.7 Å². The molecule has 1 aliphatic carbocycles. The molecule has 3 aromatic rings. The number of H-pyrrole nitrogens is 1. The van der Waals surface area contributed by atoms with Crippen LogP contribution in [0.5, 0.6) is 0 Å². The highest BCUT2D eigenvalue weighted by Gasteiger charge is 2.39. The Labute approximate surface area is 172 Å². The number of rotatable bonds is 5. The van der Waals surface area contributed by atoms with Gasteiger partial charge in [0.25, 0.3) is 5.56 Å². The van der Waals surface area contributed by atoms with E-state index in [2.05, 4.69) is 10.3 Å². The van der Waals surface area contributed by atoms with Gasteiger partial charge in [-0.3, -0.25) is 4.79 Å². The Hall–Kier alpha value is -2.86. The fraction of sp³-hybridized carbons (Fsp3) is 0.273. The molecule has 2 aromatic carbocycles. The minimum absolute atomic E-state index is 0.0452. The van der Waals surface area contributed by atoms with E-state index in [1.54, 1.807) is 17.2 Å². The van der Waals surface area contributed by atoms with Crippen LogP contribution in [-0.2, 0) is 0 Å². The lowest BCUT2D eigenvalue weighted by atomic mass is 9.97. The van der Waals surface area contributed by atoms with Crippen LogP contribution in [0.15, 0.2) is 53.5 Å². The molecule has 0 aliphatic heterocycles. The van der Waals surface area contributed by atoms with Crippen LogP contribution in [0.1, 0.15) is 31.4 Å². The van der Waals surface area contributed by atoms with Gasteiger partial charge in [0.1, 0.15) is 5.82 Å². The molecule has 0 saturated heterocycles. The van der Waals surface area contributed by atoms with Gasteiger partial charge >= 0.3 is 6.03 Å². The van der Waals surface area contributed by atoms with Crippen LogP contribution in [0.2, 0.25) is 5.02 Å². The van der Waals surface area contributed by atoms with Crippen LogP contribution < -0.4 is 10.9 Å². The molecule has 2 amide bonds. The zero-order valence-electron chi connectivity index (χ0n) is 15.9. The Morgan fingerprint density at radius 1 is 1.28 bits per heavy atom. The van der Waals surface area contributed by atoms with Gasteiger partial charge in [0.15, 0.2) is 0 Å². The average Bonchev–Trinajstić information content (AvgIpc) is 3.55. The molecule has 1 aliphatic rings. The van der Waals surface area contributed by atoms with E-state index in [4.69, 9.17) is 11.6 Å². The second kappa shape index (κ2) is 7.87. The number of carbonyl (C=O) groups excluding carboxylic acids is 1. The molecule has 1 atom stereocenters. The monoisotopic (exact) mass is 413 g/mol. The van der Waals surface area contributed by atoms with E-state index >= 15 is 0 Å². The van der Waals surface area contributed by atoms with Gasteiger partial charge in [-0.1, -0.05) is 29.8 Å². The molecule has 0 unspecified atom stereocenters. The number of amides is 2. The van der Waals surface area contributed by atoms with Crippen molar-refractivity contribution in [3.8, 4) is 0 Å². The zero-order valence-corrected chi connectivity index (χ0v) is 16.7. The molecule has 0 bridgehead atoms. The molecule has 1 fully saturated rings. The first-order valence-corrected chi connectivity index (χ1v) is 10.0. The Morgan fingerprint density at radius 3 is 2.66 bits per heavy atom. The second-order valence-corrected chi connectivity index (χ2v) is 7.65. The Balaban J connectivity index is 1.70. The number of halogens is 2. The van der Waals surface area contributed by atoms with E-state index in [0.29, 0.717) is 23.5 Å².